The third-order valence-corrected chi connectivity index (χ3v) is 4.29. The van der Waals surface area contributed by atoms with Gasteiger partial charge in [-0.25, -0.2) is 9.97 Å². The predicted octanol–water partition coefficient (Wildman–Crippen LogP) is 3.87. The third kappa shape index (κ3) is 3.03. The summed E-state index contributed by atoms with van der Waals surface area (Å²) in [6.07, 6.45) is 3.08. The van der Waals surface area contributed by atoms with Crippen LogP contribution in [0.25, 0.3) is 16.5 Å². The summed E-state index contributed by atoms with van der Waals surface area (Å²) in [6, 6.07) is 10.2. The molecule has 0 saturated heterocycles. The Hall–Kier alpha value is -2.40. The molecule has 0 amide bonds. The Morgan fingerprint density at radius 1 is 1.33 bits per heavy atom. The highest BCUT2D eigenvalue weighted by atomic mass is 32.1. The average Bonchev–Trinajstić information content (AvgIpc) is 3.15. The molecule has 0 fully saturated rings. The van der Waals surface area contributed by atoms with E-state index in [1.165, 1.54) is 12.0 Å². The highest BCUT2D eigenvalue weighted by Gasteiger charge is 2.13. The molecule has 21 heavy (non-hydrogen) atoms. The summed E-state index contributed by atoms with van der Waals surface area (Å²) in [5.74, 6) is 0.685. The first-order valence-corrected chi connectivity index (χ1v) is 7.39. The van der Waals surface area contributed by atoms with Crippen LogP contribution >= 0.6 is 11.3 Å². The molecule has 0 aliphatic carbocycles. The van der Waals surface area contributed by atoms with Crippen molar-refractivity contribution in [3.8, 4) is 10.8 Å². The number of nitrogens with zero attached hydrogens (tertiary/aromatic N) is 2. The molecule has 3 aromatic rings. The summed E-state index contributed by atoms with van der Waals surface area (Å²) in [5, 5.41) is 4.17. The van der Waals surface area contributed by atoms with Crippen molar-refractivity contribution in [2.75, 3.05) is 0 Å². The summed E-state index contributed by atoms with van der Waals surface area (Å²) >= 11 is 1.55. The van der Waals surface area contributed by atoms with Crippen LogP contribution in [0.4, 0.5) is 0 Å². The van der Waals surface area contributed by atoms with Crippen molar-refractivity contribution in [3.63, 3.8) is 0 Å². The van der Waals surface area contributed by atoms with Gasteiger partial charge in [-0.3, -0.25) is 0 Å². The zero-order chi connectivity index (χ0) is 14.7. The Kier molecular flexibility index (Phi) is 3.83. The molecular weight excluding hydrogens is 282 g/mol. The van der Waals surface area contributed by atoms with E-state index in [4.69, 9.17) is 4.42 Å². The molecule has 5 heteroatoms. The minimum Gasteiger partial charge on any atom is -0.441 e. The summed E-state index contributed by atoms with van der Waals surface area (Å²) < 4.78 is 5.28. The van der Waals surface area contributed by atoms with Gasteiger partial charge >= 0.3 is 0 Å². The van der Waals surface area contributed by atoms with Gasteiger partial charge in [-0.15, -0.1) is 11.3 Å². The number of nitrogens with one attached hydrogen (secondary N) is 1. The van der Waals surface area contributed by atoms with Gasteiger partial charge in [0.2, 0.25) is 0 Å². The van der Waals surface area contributed by atoms with Crippen molar-refractivity contribution in [3.05, 3.63) is 65.6 Å². The lowest BCUT2D eigenvalue weighted by Crippen LogP contribution is -2.10. The number of hydrogen-bond donors (Lipinski definition) is 1. The minimum absolute atomic E-state index is 0.685. The van der Waals surface area contributed by atoms with E-state index in [0.717, 1.165) is 27.8 Å². The van der Waals surface area contributed by atoms with Crippen molar-refractivity contribution in [1.29, 1.82) is 0 Å². The fraction of sp³-hybridized carbons (Fsp3) is 0.125. The lowest BCUT2D eigenvalue weighted by Gasteiger charge is -2.08. The van der Waals surface area contributed by atoms with Crippen LogP contribution in [0.1, 0.15) is 16.1 Å². The molecule has 0 aliphatic heterocycles. The second-order valence-electron chi connectivity index (χ2n) is 4.62. The number of rotatable bonds is 5. The van der Waals surface area contributed by atoms with Gasteiger partial charge in [0.1, 0.15) is 0 Å². The number of aryl methyl sites for hydroxylation is 1. The van der Waals surface area contributed by atoms with Gasteiger partial charge < -0.3 is 9.73 Å². The van der Waals surface area contributed by atoms with Gasteiger partial charge in [-0.2, -0.15) is 0 Å². The summed E-state index contributed by atoms with van der Waals surface area (Å²) in [7, 11) is 0. The van der Waals surface area contributed by atoms with Gasteiger partial charge in [0.25, 0.3) is 0 Å². The van der Waals surface area contributed by atoms with Crippen molar-refractivity contribution >= 4 is 17.0 Å². The van der Waals surface area contributed by atoms with Crippen LogP contribution in [0.15, 0.2) is 53.9 Å². The molecule has 0 spiro atoms. The maximum Gasteiger partial charge on any atom is 0.182 e. The van der Waals surface area contributed by atoms with E-state index in [0.29, 0.717) is 5.76 Å². The van der Waals surface area contributed by atoms with Crippen molar-refractivity contribution in [2.45, 2.75) is 13.5 Å². The highest BCUT2D eigenvalue weighted by Crippen LogP contribution is 2.30. The smallest absolute Gasteiger partial charge is 0.182 e. The molecule has 1 N–H and O–H groups in total. The molecule has 3 rings (SSSR count). The molecule has 0 atom stereocenters. The van der Waals surface area contributed by atoms with Gasteiger partial charge in [0, 0.05) is 12.2 Å². The first-order valence-electron chi connectivity index (χ1n) is 6.57. The molecule has 0 saturated carbocycles. The molecule has 0 radical (unpaired) electrons. The number of oxazole rings is 1. The number of hydrogen-bond acceptors (Lipinski definition) is 5. The van der Waals surface area contributed by atoms with Crippen molar-refractivity contribution in [2.24, 2.45) is 0 Å². The van der Waals surface area contributed by atoms with Gasteiger partial charge in [-0.1, -0.05) is 36.9 Å². The lowest BCUT2D eigenvalue weighted by molar-refractivity contribution is 0.571. The molecule has 106 valence electrons. The van der Waals surface area contributed by atoms with Crippen LogP contribution in [0.3, 0.4) is 0 Å². The van der Waals surface area contributed by atoms with Crippen molar-refractivity contribution < 1.29 is 4.42 Å². The first kappa shape index (κ1) is 13.6. The Morgan fingerprint density at radius 3 is 2.86 bits per heavy atom. The maximum absolute atomic E-state index is 5.28. The fourth-order valence-corrected chi connectivity index (χ4v) is 2.95. The molecule has 0 unspecified atom stereocenters. The second-order valence-corrected chi connectivity index (χ2v) is 5.62. The highest BCUT2D eigenvalue weighted by molar-refractivity contribution is 7.16. The number of aromatic nitrogens is 2. The van der Waals surface area contributed by atoms with E-state index in [1.807, 2.05) is 25.1 Å². The topological polar surface area (TPSA) is 51.0 Å². The molecule has 0 aliphatic rings. The van der Waals surface area contributed by atoms with Crippen LogP contribution in [0.2, 0.25) is 0 Å². The minimum atomic E-state index is 0.685. The van der Waals surface area contributed by atoms with E-state index in [-0.39, 0.29) is 0 Å². The van der Waals surface area contributed by atoms with Gasteiger partial charge in [0.15, 0.2) is 17.2 Å². The molecular formula is C16H15N3OS. The van der Waals surface area contributed by atoms with Crippen LogP contribution in [-0.2, 0) is 6.54 Å². The van der Waals surface area contributed by atoms with Crippen LogP contribution < -0.4 is 5.32 Å². The maximum atomic E-state index is 5.28. The zero-order valence-electron chi connectivity index (χ0n) is 11.7. The Balaban J connectivity index is 1.73. The van der Waals surface area contributed by atoms with E-state index < -0.39 is 0 Å². The summed E-state index contributed by atoms with van der Waals surface area (Å²) in [4.78, 5) is 9.47. The Bertz CT molecular complexity index is 732. The van der Waals surface area contributed by atoms with Gasteiger partial charge in [0.05, 0.1) is 16.8 Å². The van der Waals surface area contributed by atoms with E-state index in [2.05, 4.69) is 34.0 Å². The molecule has 4 nitrogen and oxygen atoms in total. The Labute approximate surface area is 127 Å². The third-order valence-electron chi connectivity index (χ3n) is 3.06. The largest absolute Gasteiger partial charge is 0.441 e. The predicted molar refractivity (Wildman–Crippen MR) is 84.7 cm³/mol. The quantitative estimate of drug-likeness (QED) is 0.776. The summed E-state index contributed by atoms with van der Waals surface area (Å²) in [5.41, 5.74) is 3.04. The van der Waals surface area contributed by atoms with Crippen LogP contribution in [-0.4, -0.2) is 9.97 Å². The molecule has 0 bridgehead atoms. The van der Waals surface area contributed by atoms with Crippen molar-refractivity contribution in [1.82, 2.24) is 15.3 Å². The average molecular weight is 297 g/mol. The number of benzene rings is 1. The normalized spacial score (nSPS) is 10.5. The first-order chi connectivity index (χ1) is 10.2. The fourth-order valence-electron chi connectivity index (χ4n) is 1.99. The van der Waals surface area contributed by atoms with E-state index >= 15 is 0 Å². The molecule has 2 aromatic heterocycles. The second kappa shape index (κ2) is 5.93. The van der Waals surface area contributed by atoms with Crippen LogP contribution in [0.5, 0.6) is 0 Å². The van der Waals surface area contributed by atoms with Crippen LogP contribution in [0, 0.1) is 6.92 Å². The zero-order valence-corrected chi connectivity index (χ0v) is 12.5. The lowest BCUT2D eigenvalue weighted by atomic mass is 10.2. The number of thiazole rings is 1. The van der Waals surface area contributed by atoms with E-state index in [9.17, 15) is 0 Å². The summed E-state index contributed by atoms with van der Waals surface area (Å²) in [6.45, 7) is 6.83. The molecule has 1 aromatic carbocycles. The Morgan fingerprint density at radius 2 is 2.14 bits per heavy atom. The van der Waals surface area contributed by atoms with E-state index in [1.54, 1.807) is 17.5 Å². The SMILES string of the molecule is C=C(NCc1ccccc1)c1sc(-c2cnco2)nc1C. The van der Waals surface area contributed by atoms with Gasteiger partial charge in [-0.05, 0) is 12.5 Å². The molecule has 2 heterocycles. The standard InChI is InChI=1S/C16H15N3OS/c1-11(18-8-13-6-4-3-5-7-13)15-12(2)19-16(21-15)14-9-17-10-20-14/h3-7,9-10,18H,1,8H2,2H3. The monoisotopic (exact) mass is 297 g/mol.